The van der Waals surface area contributed by atoms with Crippen LogP contribution in [0, 0.1) is 12.3 Å². The molecule has 0 aromatic heterocycles. The van der Waals surface area contributed by atoms with Crippen molar-refractivity contribution in [3.8, 4) is 12.3 Å². The van der Waals surface area contributed by atoms with Gasteiger partial charge in [-0.25, -0.2) is 0 Å². The molecule has 0 aliphatic heterocycles. The average molecular weight is 214 g/mol. The lowest BCUT2D eigenvalue weighted by Crippen LogP contribution is -2.40. The van der Waals surface area contributed by atoms with Crippen LogP contribution in [0.15, 0.2) is 0 Å². The molecule has 5 heteroatoms. The number of terminal acetylenes is 1. The number of amides is 1. The van der Waals surface area contributed by atoms with Crippen LogP contribution in [-0.2, 0) is 9.53 Å². The number of aliphatic hydroxyl groups excluding tert-OH is 1. The Balaban J connectivity index is 3.73. The van der Waals surface area contributed by atoms with Crippen LogP contribution >= 0.6 is 0 Å². The van der Waals surface area contributed by atoms with Crippen molar-refractivity contribution < 1.29 is 14.6 Å². The first kappa shape index (κ1) is 13.9. The van der Waals surface area contributed by atoms with Crippen molar-refractivity contribution in [3.63, 3.8) is 0 Å². The summed E-state index contributed by atoms with van der Waals surface area (Å²) < 4.78 is 4.75. The van der Waals surface area contributed by atoms with Crippen molar-refractivity contribution in [2.24, 2.45) is 0 Å². The van der Waals surface area contributed by atoms with Gasteiger partial charge in [-0.05, 0) is 0 Å². The number of methoxy groups -OCH3 is 1. The van der Waals surface area contributed by atoms with Gasteiger partial charge in [0.25, 0.3) is 0 Å². The largest absolute Gasteiger partial charge is 0.389 e. The molecule has 0 radical (unpaired) electrons. The van der Waals surface area contributed by atoms with Gasteiger partial charge in [-0.15, -0.1) is 6.42 Å². The van der Waals surface area contributed by atoms with Crippen molar-refractivity contribution in [1.29, 1.82) is 0 Å². The smallest absolute Gasteiger partial charge is 0.236 e. The van der Waals surface area contributed by atoms with Crippen molar-refractivity contribution >= 4 is 5.91 Å². The molecular formula is C10H18N2O3. The molecule has 0 aliphatic rings. The fourth-order valence-electron chi connectivity index (χ4n) is 1.04. The number of carbonyl (C=O) groups is 1. The molecule has 2 N–H and O–H groups in total. The zero-order chi connectivity index (χ0) is 11.7. The van der Waals surface area contributed by atoms with E-state index in [9.17, 15) is 9.90 Å². The molecule has 0 aromatic carbocycles. The Kier molecular flexibility index (Phi) is 7.64. The Morgan fingerprint density at radius 3 is 2.93 bits per heavy atom. The van der Waals surface area contributed by atoms with Crippen LogP contribution in [0.2, 0.25) is 0 Å². The van der Waals surface area contributed by atoms with E-state index in [1.165, 1.54) is 12.0 Å². The summed E-state index contributed by atoms with van der Waals surface area (Å²) in [5.41, 5.74) is 0. The van der Waals surface area contributed by atoms with Crippen molar-refractivity contribution in [2.45, 2.75) is 6.10 Å². The maximum absolute atomic E-state index is 11.4. The fourth-order valence-corrected chi connectivity index (χ4v) is 1.04. The second kappa shape index (κ2) is 8.24. The second-order valence-electron chi connectivity index (χ2n) is 3.19. The first-order chi connectivity index (χ1) is 7.11. The third kappa shape index (κ3) is 6.91. The molecule has 0 aromatic rings. The van der Waals surface area contributed by atoms with Gasteiger partial charge < -0.3 is 14.7 Å². The highest BCUT2D eigenvalue weighted by atomic mass is 16.5. The SMILES string of the molecule is C#CCNCC(=O)N(C)CC(O)COC. The van der Waals surface area contributed by atoms with E-state index >= 15 is 0 Å². The lowest BCUT2D eigenvalue weighted by molar-refractivity contribution is -0.130. The highest BCUT2D eigenvalue weighted by Crippen LogP contribution is 1.90. The molecule has 1 atom stereocenters. The van der Waals surface area contributed by atoms with E-state index in [0.717, 1.165) is 0 Å². The number of nitrogens with zero attached hydrogens (tertiary/aromatic N) is 1. The van der Waals surface area contributed by atoms with Crippen LogP contribution in [0.5, 0.6) is 0 Å². The quantitative estimate of drug-likeness (QED) is 0.407. The molecule has 0 rings (SSSR count). The number of rotatable bonds is 7. The summed E-state index contributed by atoms with van der Waals surface area (Å²) in [6.07, 6.45) is 4.36. The minimum atomic E-state index is -0.656. The zero-order valence-corrected chi connectivity index (χ0v) is 9.19. The number of hydrogen-bond acceptors (Lipinski definition) is 4. The number of likely N-dealkylation sites (N-methyl/N-ethyl adjacent to an activating group) is 1. The summed E-state index contributed by atoms with van der Waals surface area (Å²) in [5.74, 6) is 2.26. The Labute approximate surface area is 90.4 Å². The van der Waals surface area contributed by atoms with Gasteiger partial charge in [0.2, 0.25) is 5.91 Å². The zero-order valence-electron chi connectivity index (χ0n) is 9.19. The lowest BCUT2D eigenvalue weighted by Gasteiger charge is -2.20. The third-order valence-corrected chi connectivity index (χ3v) is 1.77. The van der Waals surface area contributed by atoms with Gasteiger partial charge in [0.1, 0.15) is 0 Å². The minimum Gasteiger partial charge on any atom is -0.389 e. The average Bonchev–Trinajstić information content (AvgIpc) is 2.18. The molecule has 5 nitrogen and oxygen atoms in total. The molecule has 0 spiro atoms. The summed E-state index contributed by atoms with van der Waals surface area (Å²) in [6.45, 7) is 1.01. The third-order valence-electron chi connectivity index (χ3n) is 1.77. The van der Waals surface area contributed by atoms with E-state index in [4.69, 9.17) is 11.2 Å². The highest BCUT2D eigenvalue weighted by Gasteiger charge is 2.12. The highest BCUT2D eigenvalue weighted by molar-refractivity contribution is 5.78. The van der Waals surface area contributed by atoms with Crippen LogP contribution in [-0.4, -0.2) is 62.4 Å². The predicted octanol–water partition coefficient (Wildman–Crippen LogP) is -1.33. The Morgan fingerprint density at radius 2 is 2.40 bits per heavy atom. The summed E-state index contributed by atoms with van der Waals surface area (Å²) in [6, 6.07) is 0. The van der Waals surface area contributed by atoms with E-state index < -0.39 is 6.10 Å². The molecule has 1 unspecified atom stereocenters. The second-order valence-corrected chi connectivity index (χ2v) is 3.19. The molecule has 0 fully saturated rings. The van der Waals surface area contributed by atoms with Crippen LogP contribution in [0.4, 0.5) is 0 Å². The summed E-state index contributed by atoms with van der Waals surface area (Å²) >= 11 is 0. The maximum Gasteiger partial charge on any atom is 0.236 e. The lowest BCUT2D eigenvalue weighted by atomic mass is 10.3. The summed E-state index contributed by atoms with van der Waals surface area (Å²) in [4.78, 5) is 12.8. The van der Waals surface area contributed by atoms with Crippen molar-refractivity contribution in [1.82, 2.24) is 10.2 Å². The molecule has 0 heterocycles. The predicted molar refractivity (Wildman–Crippen MR) is 57.2 cm³/mol. The number of carbonyl (C=O) groups excluding carboxylic acids is 1. The van der Waals surface area contributed by atoms with Crippen LogP contribution in [0.1, 0.15) is 0 Å². The molecule has 0 aliphatic carbocycles. The monoisotopic (exact) mass is 214 g/mol. The molecule has 1 amide bonds. The fraction of sp³-hybridized carbons (Fsp3) is 0.700. The van der Waals surface area contributed by atoms with E-state index in [0.29, 0.717) is 6.54 Å². The summed E-state index contributed by atoms with van der Waals surface area (Å²) in [7, 11) is 3.12. The van der Waals surface area contributed by atoms with Gasteiger partial charge in [-0.2, -0.15) is 0 Å². The van der Waals surface area contributed by atoms with Crippen molar-refractivity contribution in [3.05, 3.63) is 0 Å². The first-order valence-corrected chi connectivity index (χ1v) is 4.67. The van der Waals surface area contributed by atoms with Crippen LogP contribution in [0.3, 0.4) is 0 Å². The van der Waals surface area contributed by atoms with E-state index in [1.54, 1.807) is 7.05 Å². The van der Waals surface area contributed by atoms with Gasteiger partial charge in [-0.3, -0.25) is 10.1 Å². The Morgan fingerprint density at radius 1 is 1.73 bits per heavy atom. The van der Waals surface area contributed by atoms with Crippen LogP contribution < -0.4 is 5.32 Å². The Bertz CT molecular complexity index is 225. The number of aliphatic hydroxyl groups is 1. The number of nitrogens with one attached hydrogen (secondary N) is 1. The molecule has 0 saturated heterocycles. The van der Waals surface area contributed by atoms with Crippen molar-refractivity contribution in [2.75, 3.05) is 40.4 Å². The van der Waals surface area contributed by atoms with E-state index in [-0.39, 0.29) is 25.6 Å². The van der Waals surface area contributed by atoms with E-state index in [2.05, 4.69) is 11.2 Å². The normalized spacial score (nSPS) is 11.9. The Hall–Kier alpha value is -1.09. The van der Waals surface area contributed by atoms with Gasteiger partial charge in [0.05, 0.1) is 25.8 Å². The van der Waals surface area contributed by atoms with E-state index in [1.807, 2.05) is 0 Å². The number of hydrogen-bond donors (Lipinski definition) is 2. The molecule has 15 heavy (non-hydrogen) atoms. The first-order valence-electron chi connectivity index (χ1n) is 4.67. The van der Waals surface area contributed by atoms with Gasteiger partial charge in [-0.1, -0.05) is 5.92 Å². The maximum atomic E-state index is 11.4. The minimum absolute atomic E-state index is 0.111. The molecule has 0 saturated carbocycles. The van der Waals surface area contributed by atoms with Gasteiger partial charge >= 0.3 is 0 Å². The standard InChI is InChI=1S/C10H18N2O3/c1-4-5-11-6-10(14)12(2)7-9(13)8-15-3/h1,9,11,13H,5-8H2,2-3H3. The van der Waals surface area contributed by atoms with Crippen LogP contribution in [0.25, 0.3) is 0 Å². The molecule has 86 valence electrons. The topological polar surface area (TPSA) is 61.8 Å². The van der Waals surface area contributed by atoms with Gasteiger partial charge in [0, 0.05) is 20.7 Å². The molecular weight excluding hydrogens is 196 g/mol. The molecule has 0 bridgehead atoms. The van der Waals surface area contributed by atoms with Gasteiger partial charge in [0.15, 0.2) is 0 Å². The number of ether oxygens (including phenoxy) is 1. The summed E-state index contributed by atoms with van der Waals surface area (Å²) in [5, 5.41) is 12.1.